The number of nitrogens with zero attached hydrogens (tertiary/aromatic N) is 6. The molecule has 0 spiro atoms. The van der Waals surface area contributed by atoms with E-state index in [0.29, 0.717) is 6.54 Å². The van der Waals surface area contributed by atoms with E-state index in [4.69, 9.17) is 0 Å². The predicted molar refractivity (Wildman–Crippen MR) is 99.5 cm³/mol. The normalized spacial score (nSPS) is 11.3. The highest BCUT2D eigenvalue weighted by Crippen LogP contribution is 2.05. The van der Waals surface area contributed by atoms with E-state index in [2.05, 4.69) is 15.4 Å². The van der Waals surface area contributed by atoms with Crippen molar-refractivity contribution in [2.24, 2.45) is 14.1 Å². The fraction of sp³-hybridized carbons (Fsp3) is 0.471. The number of hydrogen-bond donors (Lipinski definition) is 1. The molecule has 0 aliphatic carbocycles. The first kappa shape index (κ1) is 18.6. The molecule has 0 fully saturated rings. The standard InChI is InChI=1S/C17H23N7O3/c1-11-8-12(2)24(20-11)7-5-6-18-13(25)9-23-10-19-15-14(23)16(26)22(4)17(27)21(15)3/h8,10H,5-7,9H2,1-4H3,(H,18,25). The van der Waals surface area contributed by atoms with Gasteiger partial charge < -0.3 is 9.88 Å². The molecule has 0 aliphatic heterocycles. The van der Waals surface area contributed by atoms with Gasteiger partial charge in [0.1, 0.15) is 6.54 Å². The van der Waals surface area contributed by atoms with Gasteiger partial charge in [-0.1, -0.05) is 0 Å². The third-order valence-electron chi connectivity index (χ3n) is 4.50. The minimum atomic E-state index is -0.470. The van der Waals surface area contributed by atoms with Crippen LogP contribution in [0.5, 0.6) is 0 Å². The van der Waals surface area contributed by atoms with Crippen LogP contribution < -0.4 is 16.6 Å². The first-order valence-corrected chi connectivity index (χ1v) is 8.68. The Bertz CT molecular complexity index is 1120. The molecule has 144 valence electrons. The van der Waals surface area contributed by atoms with Crippen LogP contribution in [0.4, 0.5) is 0 Å². The average molecular weight is 373 g/mol. The first-order chi connectivity index (χ1) is 12.8. The van der Waals surface area contributed by atoms with Crippen molar-refractivity contribution in [3.63, 3.8) is 0 Å². The van der Waals surface area contributed by atoms with Crippen molar-refractivity contribution in [3.8, 4) is 0 Å². The predicted octanol–water partition coefficient (Wildman–Crippen LogP) is -0.546. The lowest BCUT2D eigenvalue weighted by Gasteiger charge is -2.08. The van der Waals surface area contributed by atoms with Crippen LogP contribution in [0.15, 0.2) is 22.0 Å². The summed E-state index contributed by atoms with van der Waals surface area (Å²) in [5.41, 5.74) is 1.64. The van der Waals surface area contributed by atoms with E-state index in [1.165, 1.54) is 22.5 Å². The van der Waals surface area contributed by atoms with Crippen LogP contribution in [0.1, 0.15) is 17.8 Å². The molecular formula is C17H23N7O3. The molecule has 1 N–H and O–H groups in total. The summed E-state index contributed by atoms with van der Waals surface area (Å²) >= 11 is 0. The molecule has 0 unspecified atom stereocenters. The Kier molecular flexibility index (Phi) is 4.98. The van der Waals surface area contributed by atoms with Crippen molar-refractivity contribution < 1.29 is 4.79 Å². The number of amides is 1. The number of hydrogen-bond acceptors (Lipinski definition) is 5. The fourth-order valence-corrected chi connectivity index (χ4v) is 3.09. The summed E-state index contributed by atoms with van der Waals surface area (Å²) in [6, 6.07) is 2.01. The van der Waals surface area contributed by atoms with E-state index in [0.717, 1.165) is 28.9 Å². The van der Waals surface area contributed by atoms with Gasteiger partial charge in [-0.05, 0) is 26.3 Å². The lowest BCUT2D eigenvalue weighted by molar-refractivity contribution is -0.121. The van der Waals surface area contributed by atoms with E-state index in [9.17, 15) is 14.4 Å². The zero-order valence-electron chi connectivity index (χ0n) is 15.9. The summed E-state index contributed by atoms with van der Waals surface area (Å²) in [6.07, 6.45) is 2.15. The lowest BCUT2D eigenvalue weighted by atomic mass is 10.3. The van der Waals surface area contributed by atoms with Gasteiger partial charge in [-0.25, -0.2) is 9.78 Å². The van der Waals surface area contributed by atoms with Gasteiger partial charge >= 0.3 is 5.69 Å². The molecule has 3 rings (SSSR count). The van der Waals surface area contributed by atoms with Crippen LogP contribution in [-0.2, 0) is 32.0 Å². The molecule has 27 heavy (non-hydrogen) atoms. The Balaban J connectivity index is 1.64. The summed E-state index contributed by atoms with van der Waals surface area (Å²) in [6.45, 7) is 5.12. The van der Waals surface area contributed by atoms with Crippen molar-refractivity contribution in [2.75, 3.05) is 6.54 Å². The van der Waals surface area contributed by atoms with Gasteiger partial charge in [0.15, 0.2) is 11.2 Å². The second-order valence-electron chi connectivity index (χ2n) is 6.60. The number of aryl methyl sites for hydroxylation is 4. The van der Waals surface area contributed by atoms with Gasteiger partial charge in [0.25, 0.3) is 5.56 Å². The molecule has 0 aromatic carbocycles. The lowest BCUT2D eigenvalue weighted by Crippen LogP contribution is -2.38. The van der Waals surface area contributed by atoms with Gasteiger partial charge in [0.2, 0.25) is 5.91 Å². The highest BCUT2D eigenvalue weighted by molar-refractivity contribution is 5.78. The first-order valence-electron chi connectivity index (χ1n) is 8.68. The van der Waals surface area contributed by atoms with Crippen LogP contribution in [0.3, 0.4) is 0 Å². The Hall–Kier alpha value is -3.17. The summed E-state index contributed by atoms with van der Waals surface area (Å²) in [5.74, 6) is -0.224. The maximum atomic E-state index is 12.4. The number of rotatable bonds is 6. The van der Waals surface area contributed by atoms with Crippen LogP contribution in [0.2, 0.25) is 0 Å². The molecule has 3 heterocycles. The monoisotopic (exact) mass is 373 g/mol. The Morgan fingerprint density at radius 1 is 1.19 bits per heavy atom. The van der Waals surface area contributed by atoms with E-state index < -0.39 is 11.2 Å². The zero-order chi connectivity index (χ0) is 19.7. The van der Waals surface area contributed by atoms with Crippen LogP contribution in [0, 0.1) is 13.8 Å². The molecule has 10 nitrogen and oxygen atoms in total. The number of imidazole rings is 1. The van der Waals surface area contributed by atoms with Crippen molar-refractivity contribution in [1.82, 2.24) is 33.8 Å². The van der Waals surface area contributed by atoms with Crippen LogP contribution >= 0.6 is 0 Å². The van der Waals surface area contributed by atoms with Crippen molar-refractivity contribution in [1.29, 1.82) is 0 Å². The number of carbonyl (C=O) groups is 1. The van der Waals surface area contributed by atoms with Crippen LogP contribution in [-0.4, -0.2) is 40.9 Å². The largest absolute Gasteiger partial charge is 0.354 e. The summed E-state index contributed by atoms with van der Waals surface area (Å²) in [4.78, 5) is 40.6. The van der Waals surface area contributed by atoms with Gasteiger partial charge in [0.05, 0.1) is 12.0 Å². The van der Waals surface area contributed by atoms with E-state index in [1.807, 2.05) is 24.6 Å². The van der Waals surface area contributed by atoms with Crippen molar-refractivity contribution in [3.05, 3.63) is 44.6 Å². The molecule has 0 saturated heterocycles. The quantitative estimate of drug-likeness (QED) is 0.584. The zero-order valence-corrected chi connectivity index (χ0v) is 15.9. The SMILES string of the molecule is Cc1cc(C)n(CCCNC(=O)Cn2cnc3c2c(=O)n(C)c(=O)n3C)n1. The summed E-state index contributed by atoms with van der Waals surface area (Å²) in [5, 5.41) is 7.22. The highest BCUT2D eigenvalue weighted by Gasteiger charge is 2.15. The number of fused-ring (bicyclic) bond motifs is 1. The minimum Gasteiger partial charge on any atom is -0.354 e. The molecule has 0 bridgehead atoms. The van der Waals surface area contributed by atoms with Gasteiger partial charge in [-0.2, -0.15) is 5.10 Å². The molecule has 1 amide bonds. The molecule has 10 heteroatoms. The second-order valence-corrected chi connectivity index (χ2v) is 6.60. The van der Waals surface area contributed by atoms with Gasteiger partial charge in [0, 0.05) is 32.9 Å². The van der Waals surface area contributed by atoms with E-state index >= 15 is 0 Å². The van der Waals surface area contributed by atoms with E-state index in [1.54, 1.807) is 7.05 Å². The molecular weight excluding hydrogens is 350 g/mol. The maximum Gasteiger partial charge on any atom is 0.332 e. The number of nitrogens with one attached hydrogen (secondary N) is 1. The molecule has 0 aliphatic rings. The molecule has 3 aromatic rings. The molecule has 0 atom stereocenters. The Labute approximate surface area is 155 Å². The third-order valence-corrected chi connectivity index (χ3v) is 4.50. The van der Waals surface area contributed by atoms with Crippen LogP contribution in [0.25, 0.3) is 11.2 Å². The number of carbonyl (C=O) groups excluding carboxylic acids is 1. The van der Waals surface area contributed by atoms with Gasteiger partial charge in [-0.15, -0.1) is 0 Å². The fourth-order valence-electron chi connectivity index (χ4n) is 3.09. The van der Waals surface area contributed by atoms with Crippen molar-refractivity contribution in [2.45, 2.75) is 33.4 Å². The Morgan fingerprint density at radius 2 is 1.93 bits per heavy atom. The second kappa shape index (κ2) is 7.22. The van der Waals surface area contributed by atoms with Crippen molar-refractivity contribution >= 4 is 17.1 Å². The summed E-state index contributed by atoms with van der Waals surface area (Å²) in [7, 11) is 2.95. The Morgan fingerprint density at radius 3 is 2.59 bits per heavy atom. The average Bonchev–Trinajstić information content (AvgIpc) is 3.18. The minimum absolute atomic E-state index is 0.0378. The number of aromatic nitrogens is 6. The smallest absolute Gasteiger partial charge is 0.332 e. The highest BCUT2D eigenvalue weighted by atomic mass is 16.2. The maximum absolute atomic E-state index is 12.4. The molecule has 0 radical (unpaired) electrons. The summed E-state index contributed by atoms with van der Waals surface area (Å²) < 4.78 is 5.68. The molecule has 3 aromatic heterocycles. The molecule has 0 saturated carbocycles. The van der Waals surface area contributed by atoms with E-state index in [-0.39, 0.29) is 23.6 Å². The van der Waals surface area contributed by atoms with Gasteiger partial charge in [-0.3, -0.25) is 23.4 Å². The third kappa shape index (κ3) is 3.55. The topological polar surface area (TPSA) is 109 Å².